The van der Waals surface area contributed by atoms with Crippen LogP contribution in [0, 0.1) is 11.7 Å². The second-order valence-electron chi connectivity index (χ2n) is 7.23. The summed E-state index contributed by atoms with van der Waals surface area (Å²) in [5.41, 5.74) is 1.66. The van der Waals surface area contributed by atoms with Gasteiger partial charge in [-0.05, 0) is 30.2 Å². The molecule has 1 amide bonds. The van der Waals surface area contributed by atoms with Crippen LogP contribution in [0.2, 0.25) is 0 Å². The van der Waals surface area contributed by atoms with Crippen molar-refractivity contribution in [2.45, 2.75) is 19.9 Å². The van der Waals surface area contributed by atoms with Gasteiger partial charge in [-0.15, -0.1) is 0 Å². The molecule has 142 valence electrons. The summed E-state index contributed by atoms with van der Waals surface area (Å²) in [7, 11) is 0. The Hall–Kier alpha value is -2.90. The first-order valence-corrected chi connectivity index (χ1v) is 9.21. The molecule has 0 bridgehead atoms. The number of benzene rings is 1. The number of halogens is 1. The van der Waals surface area contributed by atoms with E-state index in [4.69, 9.17) is 0 Å². The Morgan fingerprint density at radius 3 is 2.41 bits per heavy atom. The molecule has 7 nitrogen and oxygen atoms in total. The van der Waals surface area contributed by atoms with Crippen LogP contribution in [0.3, 0.4) is 0 Å². The number of carbonyl (C=O) groups excluding carboxylic acids is 1. The molecule has 2 aromatic rings. The highest BCUT2D eigenvalue weighted by atomic mass is 19.1. The molecule has 2 N–H and O–H groups in total. The zero-order valence-corrected chi connectivity index (χ0v) is 15.4. The summed E-state index contributed by atoms with van der Waals surface area (Å²) in [6.45, 7) is 7.09. The van der Waals surface area contributed by atoms with E-state index < -0.39 is 0 Å². The van der Waals surface area contributed by atoms with Crippen molar-refractivity contribution >= 4 is 28.9 Å². The Morgan fingerprint density at radius 1 is 1.07 bits per heavy atom. The van der Waals surface area contributed by atoms with Crippen molar-refractivity contribution in [2.75, 3.05) is 46.6 Å². The first-order valence-electron chi connectivity index (χ1n) is 9.21. The number of piperazine rings is 1. The minimum absolute atomic E-state index is 0.0569. The Bertz CT molecular complexity index is 833. The Morgan fingerprint density at radius 2 is 1.74 bits per heavy atom. The fraction of sp³-hybridized carbons (Fsp3) is 0.421. The first kappa shape index (κ1) is 17.5. The second kappa shape index (κ2) is 7.02. The quantitative estimate of drug-likeness (QED) is 0.864. The summed E-state index contributed by atoms with van der Waals surface area (Å²) >= 11 is 0. The molecule has 1 saturated heterocycles. The van der Waals surface area contributed by atoms with Crippen molar-refractivity contribution in [3.63, 3.8) is 0 Å². The van der Waals surface area contributed by atoms with Crippen LogP contribution in [0.4, 0.5) is 27.4 Å². The van der Waals surface area contributed by atoms with Gasteiger partial charge >= 0.3 is 0 Å². The minimum Gasteiger partial charge on any atom is -0.368 e. The molecule has 1 atom stereocenters. The summed E-state index contributed by atoms with van der Waals surface area (Å²) in [5.74, 6) is 1.28. The van der Waals surface area contributed by atoms with E-state index in [2.05, 4.69) is 30.4 Å². The topological polar surface area (TPSA) is 73.4 Å². The first-order chi connectivity index (χ1) is 13.0. The number of nitrogens with one attached hydrogen (secondary N) is 2. The standard InChI is InChI=1S/C19H23FN6O/c1-12(2)15-19(27)24-16-17(23-15)21-11-22-18(16)26-9-7-25(8-10-26)14-5-3-13(20)4-6-14/h3-6,11-12,15H,7-10H2,1-2H3,(H,24,27)(H,21,22,23). The van der Waals surface area contributed by atoms with Gasteiger partial charge < -0.3 is 20.4 Å². The van der Waals surface area contributed by atoms with Gasteiger partial charge in [0.1, 0.15) is 23.9 Å². The Labute approximate surface area is 157 Å². The maximum Gasteiger partial charge on any atom is 0.247 e. The molecule has 2 aliphatic heterocycles. The van der Waals surface area contributed by atoms with Crippen molar-refractivity contribution < 1.29 is 9.18 Å². The van der Waals surface area contributed by atoms with E-state index in [1.165, 1.54) is 18.5 Å². The van der Waals surface area contributed by atoms with Gasteiger partial charge in [-0.1, -0.05) is 13.8 Å². The molecular formula is C19H23FN6O. The number of hydrogen-bond acceptors (Lipinski definition) is 6. The van der Waals surface area contributed by atoms with Gasteiger partial charge in [0.15, 0.2) is 11.6 Å². The van der Waals surface area contributed by atoms with Crippen molar-refractivity contribution in [1.82, 2.24) is 9.97 Å². The highest BCUT2D eigenvalue weighted by Crippen LogP contribution is 2.34. The normalized spacial score (nSPS) is 19.6. The molecule has 3 heterocycles. The largest absolute Gasteiger partial charge is 0.368 e. The number of amides is 1. The molecule has 1 aromatic heterocycles. The summed E-state index contributed by atoms with van der Waals surface area (Å²) in [4.78, 5) is 25.5. The van der Waals surface area contributed by atoms with E-state index in [9.17, 15) is 9.18 Å². The molecular weight excluding hydrogens is 347 g/mol. The van der Waals surface area contributed by atoms with Gasteiger partial charge in [0.05, 0.1) is 0 Å². The van der Waals surface area contributed by atoms with E-state index in [-0.39, 0.29) is 23.7 Å². The lowest BCUT2D eigenvalue weighted by atomic mass is 10.0. The maximum atomic E-state index is 13.1. The number of fused-ring (bicyclic) bond motifs is 1. The summed E-state index contributed by atoms with van der Waals surface area (Å²) < 4.78 is 13.1. The van der Waals surface area contributed by atoms with Gasteiger partial charge in [0.25, 0.3) is 0 Å². The fourth-order valence-corrected chi connectivity index (χ4v) is 3.55. The molecule has 0 aliphatic carbocycles. The van der Waals surface area contributed by atoms with Crippen LogP contribution in [-0.4, -0.2) is 48.1 Å². The van der Waals surface area contributed by atoms with Gasteiger partial charge in [-0.25, -0.2) is 14.4 Å². The number of rotatable bonds is 3. The number of hydrogen-bond donors (Lipinski definition) is 2. The van der Waals surface area contributed by atoms with Gasteiger partial charge in [-0.3, -0.25) is 4.79 Å². The Kier molecular flexibility index (Phi) is 4.55. The van der Waals surface area contributed by atoms with Gasteiger partial charge in [0, 0.05) is 31.9 Å². The van der Waals surface area contributed by atoms with Crippen LogP contribution >= 0.6 is 0 Å². The monoisotopic (exact) mass is 370 g/mol. The van der Waals surface area contributed by atoms with Crippen LogP contribution in [0.1, 0.15) is 13.8 Å². The summed E-state index contributed by atoms with van der Waals surface area (Å²) in [6, 6.07) is 6.26. The average Bonchev–Trinajstić information content (AvgIpc) is 2.68. The minimum atomic E-state index is -0.296. The van der Waals surface area contributed by atoms with Gasteiger partial charge in [0.2, 0.25) is 5.91 Å². The van der Waals surface area contributed by atoms with E-state index in [1.54, 1.807) is 12.1 Å². The molecule has 0 radical (unpaired) electrons. The highest BCUT2D eigenvalue weighted by molar-refractivity contribution is 6.05. The predicted octanol–water partition coefficient (Wildman–Crippen LogP) is 2.33. The zero-order chi connectivity index (χ0) is 19.0. The zero-order valence-electron chi connectivity index (χ0n) is 15.4. The molecule has 0 spiro atoms. The van der Waals surface area contributed by atoms with Crippen LogP contribution in [0.25, 0.3) is 0 Å². The Balaban J connectivity index is 1.50. The molecule has 8 heteroatoms. The van der Waals surface area contributed by atoms with Crippen LogP contribution < -0.4 is 20.4 Å². The third-order valence-electron chi connectivity index (χ3n) is 5.09. The molecule has 1 unspecified atom stereocenters. The molecule has 4 rings (SSSR count). The van der Waals surface area contributed by atoms with Gasteiger partial charge in [-0.2, -0.15) is 0 Å². The smallest absolute Gasteiger partial charge is 0.247 e. The molecule has 1 aromatic carbocycles. The van der Waals surface area contributed by atoms with E-state index >= 15 is 0 Å². The lowest BCUT2D eigenvalue weighted by Crippen LogP contribution is -2.48. The molecule has 27 heavy (non-hydrogen) atoms. The lowest BCUT2D eigenvalue weighted by molar-refractivity contribution is -0.117. The van der Waals surface area contributed by atoms with Crippen LogP contribution in [0.15, 0.2) is 30.6 Å². The van der Waals surface area contributed by atoms with Crippen LogP contribution in [-0.2, 0) is 4.79 Å². The molecule has 1 fully saturated rings. The number of anilines is 4. The lowest BCUT2D eigenvalue weighted by Gasteiger charge is -2.38. The SMILES string of the molecule is CC(C)C1Nc2ncnc(N3CCN(c4ccc(F)cc4)CC3)c2NC1=O. The van der Waals surface area contributed by atoms with Crippen LogP contribution in [0.5, 0.6) is 0 Å². The highest BCUT2D eigenvalue weighted by Gasteiger charge is 2.32. The second-order valence-corrected chi connectivity index (χ2v) is 7.23. The maximum absolute atomic E-state index is 13.1. The van der Waals surface area contributed by atoms with Crippen molar-refractivity contribution in [1.29, 1.82) is 0 Å². The number of aromatic nitrogens is 2. The van der Waals surface area contributed by atoms with Crippen molar-refractivity contribution in [2.24, 2.45) is 5.92 Å². The fourth-order valence-electron chi connectivity index (χ4n) is 3.55. The summed E-state index contributed by atoms with van der Waals surface area (Å²) in [5, 5.41) is 6.21. The number of nitrogens with zero attached hydrogens (tertiary/aromatic N) is 4. The van der Waals surface area contributed by atoms with Crippen molar-refractivity contribution in [3.8, 4) is 0 Å². The van der Waals surface area contributed by atoms with Crippen molar-refractivity contribution in [3.05, 3.63) is 36.4 Å². The average molecular weight is 370 g/mol. The predicted molar refractivity (Wildman–Crippen MR) is 104 cm³/mol. The third-order valence-corrected chi connectivity index (χ3v) is 5.09. The van der Waals surface area contributed by atoms with E-state index in [0.29, 0.717) is 11.5 Å². The molecule has 2 aliphatic rings. The summed E-state index contributed by atoms with van der Waals surface area (Å²) in [6.07, 6.45) is 1.53. The van der Waals surface area contributed by atoms with E-state index in [0.717, 1.165) is 37.7 Å². The molecule has 0 saturated carbocycles. The number of carbonyl (C=O) groups is 1. The third kappa shape index (κ3) is 3.39. The van der Waals surface area contributed by atoms with E-state index in [1.807, 2.05) is 13.8 Å².